The molecule has 106 valence electrons. The van der Waals surface area contributed by atoms with Gasteiger partial charge in [0, 0.05) is 0 Å². The molecule has 0 bridgehead atoms. The Kier molecular flexibility index (Phi) is 3.33. The van der Waals surface area contributed by atoms with Crippen LogP contribution in [0.15, 0.2) is 0 Å². The minimum Gasteiger partial charge on any atom is -0.390 e. The van der Waals surface area contributed by atoms with Crippen molar-refractivity contribution in [3.05, 3.63) is 0 Å². The number of hydrogen-bond acceptors (Lipinski definition) is 3. The molecule has 2 rings (SSSR count). The molecule has 2 aliphatic carbocycles. The molecule has 2 saturated carbocycles. The molecule has 18 heavy (non-hydrogen) atoms. The predicted molar refractivity (Wildman–Crippen MR) is 71.1 cm³/mol. The monoisotopic (exact) mass is 256 g/mol. The summed E-state index contributed by atoms with van der Waals surface area (Å²) in [4.78, 5) is 0. The summed E-state index contributed by atoms with van der Waals surface area (Å²) >= 11 is 0. The molecule has 0 amide bonds. The Balaban J connectivity index is 2.30. The van der Waals surface area contributed by atoms with Crippen LogP contribution in [-0.2, 0) is 0 Å². The molecule has 0 heterocycles. The zero-order chi connectivity index (χ0) is 13.8. The number of aliphatic hydroxyl groups excluding tert-OH is 1. The molecule has 3 nitrogen and oxygen atoms in total. The van der Waals surface area contributed by atoms with Gasteiger partial charge in [-0.05, 0) is 56.3 Å². The van der Waals surface area contributed by atoms with E-state index in [1.807, 2.05) is 13.8 Å². The van der Waals surface area contributed by atoms with Crippen molar-refractivity contribution < 1.29 is 15.3 Å². The zero-order valence-corrected chi connectivity index (χ0v) is 12.1. The predicted octanol–water partition coefficient (Wildman–Crippen LogP) is 2.09. The van der Waals surface area contributed by atoms with E-state index in [0.717, 1.165) is 19.3 Å². The van der Waals surface area contributed by atoms with Crippen molar-refractivity contribution in [3.63, 3.8) is 0 Å². The zero-order valence-electron chi connectivity index (χ0n) is 12.1. The van der Waals surface area contributed by atoms with Gasteiger partial charge in [0.1, 0.15) is 0 Å². The van der Waals surface area contributed by atoms with Crippen molar-refractivity contribution >= 4 is 0 Å². The molecule has 3 heteroatoms. The molecule has 0 saturated heterocycles. The van der Waals surface area contributed by atoms with Gasteiger partial charge in [0.15, 0.2) is 0 Å². The van der Waals surface area contributed by atoms with Gasteiger partial charge in [0.2, 0.25) is 0 Å². The minimum atomic E-state index is -1.07. The van der Waals surface area contributed by atoms with Gasteiger partial charge in [0.25, 0.3) is 0 Å². The van der Waals surface area contributed by atoms with Crippen LogP contribution in [-0.4, -0.2) is 32.6 Å². The Morgan fingerprint density at radius 3 is 2.22 bits per heavy atom. The Labute approximate surface area is 110 Å². The van der Waals surface area contributed by atoms with E-state index in [9.17, 15) is 15.3 Å². The Morgan fingerprint density at radius 2 is 1.67 bits per heavy atom. The van der Waals surface area contributed by atoms with Gasteiger partial charge >= 0.3 is 0 Å². The van der Waals surface area contributed by atoms with Gasteiger partial charge in [0.05, 0.1) is 17.3 Å². The maximum atomic E-state index is 10.7. The van der Waals surface area contributed by atoms with Crippen LogP contribution < -0.4 is 0 Å². The fourth-order valence-electron chi connectivity index (χ4n) is 4.10. The van der Waals surface area contributed by atoms with Crippen LogP contribution in [0.2, 0.25) is 0 Å². The lowest BCUT2D eigenvalue weighted by Crippen LogP contribution is -2.61. The lowest BCUT2D eigenvalue weighted by molar-refractivity contribution is -0.212. The van der Waals surface area contributed by atoms with Gasteiger partial charge in [-0.1, -0.05) is 20.8 Å². The van der Waals surface area contributed by atoms with Crippen molar-refractivity contribution in [3.8, 4) is 0 Å². The molecule has 0 aliphatic heterocycles. The molecule has 0 aromatic heterocycles. The molecule has 0 spiro atoms. The maximum Gasteiger partial charge on any atom is 0.0911 e. The van der Waals surface area contributed by atoms with E-state index in [0.29, 0.717) is 12.8 Å². The second-order valence-corrected chi connectivity index (χ2v) is 7.45. The largest absolute Gasteiger partial charge is 0.390 e. The highest BCUT2D eigenvalue weighted by Crippen LogP contribution is 2.57. The molecule has 0 radical (unpaired) electrons. The van der Waals surface area contributed by atoms with Crippen molar-refractivity contribution in [2.75, 3.05) is 0 Å². The number of aliphatic hydroxyl groups is 3. The summed E-state index contributed by atoms with van der Waals surface area (Å²) in [5, 5.41) is 31.5. The Morgan fingerprint density at radius 1 is 1.06 bits per heavy atom. The van der Waals surface area contributed by atoms with Crippen molar-refractivity contribution in [1.29, 1.82) is 0 Å². The molecule has 0 aromatic rings. The van der Waals surface area contributed by atoms with Crippen LogP contribution in [0.3, 0.4) is 0 Å². The summed E-state index contributed by atoms with van der Waals surface area (Å²) < 4.78 is 0. The molecule has 2 aliphatic rings. The average Bonchev–Trinajstić information content (AvgIpc) is 2.28. The highest BCUT2D eigenvalue weighted by molar-refractivity contribution is 5.08. The second-order valence-electron chi connectivity index (χ2n) is 7.45. The van der Waals surface area contributed by atoms with Crippen LogP contribution in [0.5, 0.6) is 0 Å². The Hall–Kier alpha value is -0.120. The summed E-state index contributed by atoms with van der Waals surface area (Å²) in [5.41, 5.74) is -1.70. The summed E-state index contributed by atoms with van der Waals surface area (Å²) in [6.45, 7) is 8.02. The van der Waals surface area contributed by atoms with Gasteiger partial charge in [-0.25, -0.2) is 0 Å². The topological polar surface area (TPSA) is 60.7 Å². The van der Waals surface area contributed by atoms with E-state index in [4.69, 9.17) is 0 Å². The van der Waals surface area contributed by atoms with Gasteiger partial charge < -0.3 is 15.3 Å². The minimum absolute atomic E-state index is 0.0186. The second kappa shape index (κ2) is 4.19. The van der Waals surface area contributed by atoms with Crippen LogP contribution >= 0.6 is 0 Å². The SMILES string of the molecule is CC(C)C1(O)CCC2(C)CCC(O)C(C)(O)C2C1. The summed E-state index contributed by atoms with van der Waals surface area (Å²) in [6, 6.07) is 0. The normalized spacial score (nSPS) is 53.3. The Bertz CT molecular complexity index is 321. The van der Waals surface area contributed by atoms with Crippen LogP contribution in [0, 0.1) is 17.3 Å². The lowest BCUT2D eigenvalue weighted by atomic mass is 9.51. The molecular formula is C15H28O3. The summed E-state index contributed by atoms with van der Waals surface area (Å²) in [5.74, 6) is 0.173. The van der Waals surface area contributed by atoms with Gasteiger partial charge in [-0.15, -0.1) is 0 Å². The lowest BCUT2D eigenvalue weighted by Gasteiger charge is -2.58. The smallest absolute Gasteiger partial charge is 0.0911 e. The van der Waals surface area contributed by atoms with E-state index >= 15 is 0 Å². The first-order valence-electron chi connectivity index (χ1n) is 7.25. The van der Waals surface area contributed by atoms with Crippen molar-refractivity contribution in [2.24, 2.45) is 17.3 Å². The standard InChI is InChI=1S/C15H28O3/c1-10(2)15(18)8-7-13(3)6-5-12(16)14(4,17)11(13)9-15/h10-12,16-18H,5-9H2,1-4H3. The third-order valence-corrected chi connectivity index (χ3v) is 5.97. The van der Waals surface area contributed by atoms with Crippen molar-refractivity contribution in [2.45, 2.75) is 77.1 Å². The van der Waals surface area contributed by atoms with Crippen LogP contribution in [0.25, 0.3) is 0 Å². The molecule has 2 fully saturated rings. The molecule has 5 unspecified atom stereocenters. The summed E-state index contributed by atoms with van der Waals surface area (Å²) in [6.07, 6.45) is 3.30. The first-order chi connectivity index (χ1) is 8.12. The maximum absolute atomic E-state index is 10.7. The van der Waals surface area contributed by atoms with E-state index in [1.165, 1.54) is 0 Å². The van der Waals surface area contributed by atoms with Gasteiger partial charge in [-0.2, -0.15) is 0 Å². The fourth-order valence-corrected chi connectivity index (χ4v) is 4.10. The van der Waals surface area contributed by atoms with E-state index < -0.39 is 17.3 Å². The van der Waals surface area contributed by atoms with Crippen molar-refractivity contribution in [1.82, 2.24) is 0 Å². The quantitative estimate of drug-likeness (QED) is 0.673. The first kappa shape index (κ1) is 14.3. The van der Waals surface area contributed by atoms with E-state index in [-0.39, 0.29) is 17.3 Å². The third kappa shape index (κ3) is 2.00. The molecule has 5 atom stereocenters. The van der Waals surface area contributed by atoms with Gasteiger partial charge in [-0.3, -0.25) is 0 Å². The van der Waals surface area contributed by atoms with Crippen LogP contribution in [0.4, 0.5) is 0 Å². The van der Waals surface area contributed by atoms with E-state index in [2.05, 4.69) is 6.92 Å². The molecular weight excluding hydrogens is 228 g/mol. The number of hydrogen-bond donors (Lipinski definition) is 3. The fraction of sp³-hybridized carbons (Fsp3) is 1.00. The highest BCUT2D eigenvalue weighted by atomic mass is 16.3. The average molecular weight is 256 g/mol. The first-order valence-corrected chi connectivity index (χ1v) is 7.25. The molecule has 0 aromatic carbocycles. The van der Waals surface area contributed by atoms with Crippen LogP contribution in [0.1, 0.15) is 59.8 Å². The molecule has 3 N–H and O–H groups in total. The number of fused-ring (bicyclic) bond motifs is 1. The number of rotatable bonds is 1. The summed E-state index contributed by atoms with van der Waals surface area (Å²) in [7, 11) is 0. The van der Waals surface area contributed by atoms with E-state index in [1.54, 1.807) is 6.92 Å². The highest BCUT2D eigenvalue weighted by Gasteiger charge is 2.57. The third-order valence-electron chi connectivity index (χ3n) is 5.97.